The van der Waals surface area contributed by atoms with Gasteiger partial charge in [0, 0.05) is 12.7 Å². The Kier molecular flexibility index (Phi) is 5.49. The van der Waals surface area contributed by atoms with Gasteiger partial charge in [0.1, 0.15) is 6.10 Å². The Balaban J connectivity index is 1.96. The Morgan fingerprint density at radius 3 is 2.62 bits per heavy atom. The zero-order valence-corrected chi connectivity index (χ0v) is 16.5. The normalized spacial score (nSPS) is 26.1. The minimum atomic E-state index is -0.627. The van der Waals surface area contributed by atoms with E-state index in [1.807, 2.05) is 0 Å². The van der Waals surface area contributed by atoms with Crippen molar-refractivity contribution in [1.82, 2.24) is 10.2 Å². The summed E-state index contributed by atoms with van der Waals surface area (Å²) >= 11 is 12.1. The van der Waals surface area contributed by atoms with Crippen molar-refractivity contribution in [2.75, 3.05) is 7.05 Å². The number of hydrogen-bond donors (Lipinski definition) is 1. The number of ether oxygens (including phenoxy) is 1. The Morgan fingerprint density at radius 1 is 1.27 bits per heavy atom. The standard InChI is InChI=1S/C19H22Cl2N2O3/c1-10-5-4-6-15(10)26-18(24)16-11(2)23(3)19(25)22-17(16)12-7-8-13(20)14(21)9-12/h7-10,15,17H,4-6H2,1-3H3,(H,22,25)/t10-,15+,17+/m0/s1. The third-order valence-electron chi connectivity index (χ3n) is 5.29. The average Bonchev–Trinajstić information content (AvgIpc) is 2.99. The number of carbonyl (C=O) groups is 2. The Labute approximate surface area is 163 Å². The Hall–Kier alpha value is -1.72. The molecular weight excluding hydrogens is 375 g/mol. The maximum atomic E-state index is 13.0. The fraction of sp³-hybridized carbons (Fsp3) is 0.474. The van der Waals surface area contributed by atoms with Crippen LogP contribution in [0.3, 0.4) is 0 Å². The molecule has 0 unspecified atom stereocenters. The molecule has 3 rings (SSSR count). The van der Waals surface area contributed by atoms with Crippen LogP contribution >= 0.6 is 23.2 Å². The largest absolute Gasteiger partial charge is 0.459 e. The summed E-state index contributed by atoms with van der Waals surface area (Å²) in [7, 11) is 1.63. The molecule has 1 N–H and O–H groups in total. The van der Waals surface area contributed by atoms with E-state index in [0.717, 1.165) is 19.3 Å². The molecular formula is C19H22Cl2N2O3. The maximum absolute atomic E-state index is 13.0. The van der Waals surface area contributed by atoms with Crippen LogP contribution in [0.5, 0.6) is 0 Å². The first-order chi connectivity index (χ1) is 12.3. The minimum Gasteiger partial charge on any atom is -0.459 e. The molecule has 1 aliphatic heterocycles. The van der Waals surface area contributed by atoms with Crippen LogP contribution in [-0.2, 0) is 9.53 Å². The zero-order valence-electron chi connectivity index (χ0n) is 15.0. The van der Waals surface area contributed by atoms with Crippen LogP contribution in [0, 0.1) is 5.92 Å². The summed E-state index contributed by atoms with van der Waals surface area (Å²) in [5, 5.41) is 3.64. The number of nitrogens with one attached hydrogen (secondary N) is 1. The first-order valence-electron chi connectivity index (χ1n) is 8.70. The lowest BCUT2D eigenvalue weighted by Crippen LogP contribution is -2.46. The summed E-state index contributed by atoms with van der Waals surface area (Å²) < 4.78 is 5.79. The third kappa shape index (κ3) is 3.55. The van der Waals surface area contributed by atoms with Crippen LogP contribution in [0.4, 0.5) is 4.79 Å². The van der Waals surface area contributed by atoms with E-state index in [1.54, 1.807) is 32.2 Å². The molecule has 26 heavy (non-hydrogen) atoms. The van der Waals surface area contributed by atoms with Gasteiger partial charge in [-0.05, 0) is 49.8 Å². The molecule has 7 heteroatoms. The molecule has 2 amide bonds. The van der Waals surface area contributed by atoms with Crippen molar-refractivity contribution in [2.45, 2.75) is 45.3 Å². The number of amides is 2. The maximum Gasteiger partial charge on any atom is 0.338 e. The molecule has 0 saturated heterocycles. The second-order valence-electron chi connectivity index (χ2n) is 6.97. The van der Waals surface area contributed by atoms with Gasteiger partial charge in [-0.15, -0.1) is 0 Å². The number of esters is 1. The SMILES string of the molecule is CC1=C(C(=O)O[C@@H]2CCC[C@@H]2C)[C@@H](c2ccc(Cl)c(Cl)c2)NC(=O)N1C. The summed E-state index contributed by atoms with van der Waals surface area (Å²) in [6, 6.07) is 4.16. The molecule has 0 bridgehead atoms. The van der Waals surface area contributed by atoms with Crippen LogP contribution in [-0.4, -0.2) is 30.1 Å². The average molecular weight is 397 g/mol. The molecule has 1 fully saturated rings. The number of benzene rings is 1. The molecule has 1 aliphatic carbocycles. The highest BCUT2D eigenvalue weighted by Gasteiger charge is 2.37. The van der Waals surface area contributed by atoms with E-state index in [9.17, 15) is 9.59 Å². The molecule has 1 aromatic rings. The number of nitrogens with zero attached hydrogens (tertiary/aromatic N) is 1. The molecule has 5 nitrogen and oxygen atoms in total. The van der Waals surface area contributed by atoms with Crippen LogP contribution in [0.25, 0.3) is 0 Å². The van der Waals surface area contributed by atoms with Crippen LogP contribution in [0.2, 0.25) is 10.0 Å². The van der Waals surface area contributed by atoms with Gasteiger partial charge in [-0.2, -0.15) is 0 Å². The van der Waals surface area contributed by atoms with Gasteiger partial charge in [-0.25, -0.2) is 9.59 Å². The molecule has 0 radical (unpaired) electrons. The molecule has 0 spiro atoms. The van der Waals surface area contributed by atoms with E-state index >= 15 is 0 Å². The van der Waals surface area contributed by atoms with Gasteiger partial charge in [-0.1, -0.05) is 36.2 Å². The van der Waals surface area contributed by atoms with E-state index < -0.39 is 12.0 Å². The lowest BCUT2D eigenvalue weighted by atomic mass is 9.95. The van der Waals surface area contributed by atoms with E-state index in [2.05, 4.69) is 12.2 Å². The highest BCUT2D eigenvalue weighted by molar-refractivity contribution is 6.42. The van der Waals surface area contributed by atoms with Crippen molar-refractivity contribution in [3.63, 3.8) is 0 Å². The Morgan fingerprint density at radius 2 is 2.00 bits per heavy atom. The summed E-state index contributed by atoms with van der Waals surface area (Å²) in [6.45, 7) is 3.84. The number of rotatable bonds is 3. The second-order valence-corrected chi connectivity index (χ2v) is 7.78. The number of carbonyl (C=O) groups excluding carboxylic acids is 2. The molecule has 1 heterocycles. The number of allylic oxidation sites excluding steroid dienone is 1. The van der Waals surface area contributed by atoms with Gasteiger partial charge < -0.3 is 15.0 Å². The topological polar surface area (TPSA) is 58.6 Å². The lowest BCUT2D eigenvalue weighted by molar-refractivity contribution is -0.146. The van der Waals surface area contributed by atoms with Gasteiger partial charge in [-0.3, -0.25) is 0 Å². The van der Waals surface area contributed by atoms with Crippen molar-refractivity contribution < 1.29 is 14.3 Å². The van der Waals surface area contributed by atoms with Crippen molar-refractivity contribution in [2.24, 2.45) is 5.92 Å². The zero-order chi connectivity index (χ0) is 19.0. The predicted octanol–water partition coefficient (Wildman–Crippen LogP) is 4.70. The lowest BCUT2D eigenvalue weighted by Gasteiger charge is -2.34. The van der Waals surface area contributed by atoms with Crippen LogP contribution < -0.4 is 5.32 Å². The molecule has 1 saturated carbocycles. The summed E-state index contributed by atoms with van der Waals surface area (Å²) in [6.07, 6.45) is 2.91. The highest BCUT2D eigenvalue weighted by atomic mass is 35.5. The molecule has 3 atom stereocenters. The van der Waals surface area contributed by atoms with E-state index in [4.69, 9.17) is 27.9 Å². The van der Waals surface area contributed by atoms with Gasteiger partial charge in [0.05, 0.1) is 21.7 Å². The number of hydrogen-bond acceptors (Lipinski definition) is 3. The van der Waals surface area contributed by atoms with E-state index in [1.165, 1.54) is 4.90 Å². The first kappa shape index (κ1) is 19.1. The van der Waals surface area contributed by atoms with E-state index in [0.29, 0.717) is 32.8 Å². The van der Waals surface area contributed by atoms with Crippen molar-refractivity contribution in [1.29, 1.82) is 0 Å². The summed E-state index contributed by atoms with van der Waals surface area (Å²) in [5.41, 5.74) is 1.68. The number of urea groups is 1. The third-order valence-corrected chi connectivity index (χ3v) is 6.03. The molecule has 1 aromatic carbocycles. The first-order valence-corrected chi connectivity index (χ1v) is 9.46. The van der Waals surface area contributed by atoms with Crippen LogP contribution in [0.15, 0.2) is 29.5 Å². The molecule has 0 aromatic heterocycles. The molecule has 140 valence electrons. The smallest absolute Gasteiger partial charge is 0.338 e. The highest BCUT2D eigenvalue weighted by Crippen LogP contribution is 2.35. The van der Waals surface area contributed by atoms with Gasteiger partial charge in [0.25, 0.3) is 0 Å². The van der Waals surface area contributed by atoms with Crippen molar-refractivity contribution in [3.05, 3.63) is 45.1 Å². The van der Waals surface area contributed by atoms with Crippen molar-refractivity contribution >= 4 is 35.2 Å². The summed E-state index contributed by atoms with van der Waals surface area (Å²) in [5.74, 6) is -0.0524. The quantitative estimate of drug-likeness (QED) is 0.753. The fourth-order valence-corrected chi connectivity index (χ4v) is 3.84. The number of halogens is 2. The van der Waals surface area contributed by atoms with Gasteiger partial charge >= 0.3 is 12.0 Å². The van der Waals surface area contributed by atoms with E-state index in [-0.39, 0.29) is 12.1 Å². The minimum absolute atomic E-state index is 0.0832. The molecule has 2 aliphatic rings. The fourth-order valence-electron chi connectivity index (χ4n) is 3.53. The van der Waals surface area contributed by atoms with Crippen LogP contribution in [0.1, 0.15) is 44.7 Å². The van der Waals surface area contributed by atoms with Gasteiger partial charge in [0.15, 0.2) is 0 Å². The second kappa shape index (κ2) is 7.49. The van der Waals surface area contributed by atoms with Gasteiger partial charge in [0.2, 0.25) is 0 Å². The monoisotopic (exact) mass is 396 g/mol. The summed E-state index contributed by atoms with van der Waals surface area (Å²) in [4.78, 5) is 26.7. The van der Waals surface area contributed by atoms with Crippen molar-refractivity contribution in [3.8, 4) is 0 Å². The Bertz CT molecular complexity index is 778. The predicted molar refractivity (Wildman–Crippen MR) is 101 cm³/mol.